The van der Waals surface area contributed by atoms with Gasteiger partial charge in [-0.1, -0.05) is 60.7 Å². The lowest BCUT2D eigenvalue weighted by Crippen LogP contribution is -2.39. The van der Waals surface area contributed by atoms with E-state index in [4.69, 9.17) is 4.74 Å². The Balaban J connectivity index is 1.41. The molecule has 1 aliphatic heterocycles. The van der Waals surface area contributed by atoms with Gasteiger partial charge in [0.25, 0.3) is 15.9 Å². The molecule has 1 heterocycles. The number of allylic oxidation sites excluding steroid dienone is 1. The number of sulfonamides is 1. The molecule has 0 aromatic heterocycles. The summed E-state index contributed by atoms with van der Waals surface area (Å²) < 4.78 is 34.1. The van der Waals surface area contributed by atoms with Crippen molar-refractivity contribution in [2.24, 2.45) is 5.92 Å². The molecular weight excluding hydrogens is 526 g/mol. The standard InChI is InChI=1S/C31H33N3O5S/c1-3-34-26(28(31(36)39-4-2)29(32-34)23-18-19-23)20-21-14-16-22(17-15-21)25-12-8-9-13-27(25)40(37,38)33-30(35)24-10-6-5-7-11-24/h5-17,23,29,32H,3-4,18-20H2,1-2H3,(H,33,35). The van der Waals surface area contributed by atoms with Crippen LogP contribution in [0, 0.1) is 5.92 Å². The van der Waals surface area contributed by atoms with E-state index in [1.54, 1.807) is 48.5 Å². The second-order valence-corrected chi connectivity index (χ2v) is 11.6. The van der Waals surface area contributed by atoms with Gasteiger partial charge in [-0.2, -0.15) is 0 Å². The van der Waals surface area contributed by atoms with Crippen LogP contribution in [0.25, 0.3) is 11.1 Å². The van der Waals surface area contributed by atoms with Gasteiger partial charge in [-0.05, 0) is 61.9 Å². The lowest BCUT2D eigenvalue weighted by Gasteiger charge is -2.22. The summed E-state index contributed by atoms with van der Waals surface area (Å²) in [5, 5.41) is 2.04. The third-order valence-electron chi connectivity index (χ3n) is 7.22. The predicted molar refractivity (Wildman–Crippen MR) is 152 cm³/mol. The highest BCUT2D eigenvalue weighted by Gasteiger charge is 2.44. The van der Waals surface area contributed by atoms with Crippen LogP contribution in [0.1, 0.15) is 42.6 Å². The summed E-state index contributed by atoms with van der Waals surface area (Å²) in [7, 11) is -4.13. The van der Waals surface area contributed by atoms with Gasteiger partial charge in [0, 0.05) is 29.8 Å². The molecule has 0 bridgehead atoms. The summed E-state index contributed by atoms with van der Waals surface area (Å²) in [5.74, 6) is -0.521. The van der Waals surface area contributed by atoms with Crippen LogP contribution in [0.15, 0.2) is 95.0 Å². The summed E-state index contributed by atoms with van der Waals surface area (Å²) in [6.07, 6.45) is 2.72. The number of nitrogens with zero attached hydrogens (tertiary/aromatic N) is 1. The quantitative estimate of drug-likeness (QED) is 0.354. The number of hydrogen-bond donors (Lipinski definition) is 2. The number of carbonyl (C=O) groups is 2. The highest BCUT2D eigenvalue weighted by atomic mass is 32.2. The van der Waals surface area contributed by atoms with E-state index in [1.165, 1.54) is 6.07 Å². The van der Waals surface area contributed by atoms with Crippen molar-refractivity contribution in [2.75, 3.05) is 13.2 Å². The number of benzene rings is 3. The van der Waals surface area contributed by atoms with Crippen molar-refractivity contribution < 1.29 is 22.7 Å². The van der Waals surface area contributed by atoms with Gasteiger partial charge in [-0.25, -0.2) is 23.4 Å². The number of esters is 1. The van der Waals surface area contributed by atoms with Gasteiger partial charge in [0.15, 0.2) is 0 Å². The van der Waals surface area contributed by atoms with Crippen molar-refractivity contribution in [3.63, 3.8) is 0 Å². The number of rotatable bonds is 10. The van der Waals surface area contributed by atoms with Gasteiger partial charge in [0.2, 0.25) is 0 Å². The van der Waals surface area contributed by atoms with Crippen molar-refractivity contribution in [2.45, 2.75) is 44.0 Å². The molecule has 1 saturated carbocycles. The van der Waals surface area contributed by atoms with E-state index in [0.717, 1.165) is 24.1 Å². The van der Waals surface area contributed by atoms with Gasteiger partial charge < -0.3 is 9.75 Å². The number of hydrazine groups is 1. The number of ether oxygens (including phenoxy) is 1. The lowest BCUT2D eigenvalue weighted by atomic mass is 9.97. The zero-order valence-electron chi connectivity index (χ0n) is 22.6. The fraction of sp³-hybridized carbons (Fsp3) is 0.290. The second kappa shape index (κ2) is 11.7. The Hall–Kier alpha value is -3.95. The van der Waals surface area contributed by atoms with Crippen LogP contribution < -0.4 is 10.1 Å². The smallest absolute Gasteiger partial charge is 0.337 e. The first kappa shape index (κ1) is 27.6. The van der Waals surface area contributed by atoms with Crippen molar-refractivity contribution in [1.29, 1.82) is 0 Å². The topological polar surface area (TPSA) is 105 Å². The third-order valence-corrected chi connectivity index (χ3v) is 8.61. The first-order valence-corrected chi connectivity index (χ1v) is 15.0. The van der Waals surface area contributed by atoms with Gasteiger partial charge in [-0.3, -0.25) is 4.79 Å². The molecule has 1 aliphatic carbocycles. The molecule has 0 radical (unpaired) electrons. The van der Waals surface area contributed by atoms with Crippen LogP contribution in [0.4, 0.5) is 0 Å². The Morgan fingerprint density at radius 1 is 0.950 bits per heavy atom. The summed E-state index contributed by atoms with van der Waals surface area (Å²) >= 11 is 0. The fourth-order valence-electron chi connectivity index (χ4n) is 5.09. The molecule has 8 nitrogen and oxygen atoms in total. The first-order chi connectivity index (χ1) is 19.3. The summed E-state index contributed by atoms with van der Waals surface area (Å²) in [4.78, 5) is 25.6. The van der Waals surface area contributed by atoms with E-state index in [2.05, 4.69) is 10.1 Å². The first-order valence-electron chi connectivity index (χ1n) is 13.6. The Labute approximate surface area is 235 Å². The highest BCUT2D eigenvalue weighted by Crippen LogP contribution is 2.40. The summed E-state index contributed by atoms with van der Waals surface area (Å²) in [6, 6.07) is 22.4. The van der Waals surface area contributed by atoms with Crippen molar-refractivity contribution in [3.8, 4) is 11.1 Å². The molecule has 1 fully saturated rings. The summed E-state index contributed by atoms with van der Waals surface area (Å²) in [5.41, 5.74) is 7.56. The average Bonchev–Trinajstić information content (AvgIpc) is 3.75. The molecule has 1 amide bonds. The monoisotopic (exact) mass is 559 g/mol. The Morgan fingerprint density at radius 2 is 1.62 bits per heavy atom. The molecule has 40 heavy (non-hydrogen) atoms. The molecule has 208 valence electrons. The minimum absolute atomic E-state index is 0.0174. The van der Waals surface area contributed by atoms with Crippen molar-refractivity contribution in [1.82, 2.24) is 15.2 Å². The average molecular weight is 560 g/mol. The van der Waals surface area contributed by atoms with Crippen LogP contribution in [0.3, 0.4) is 0 Å². The second-order valence-electron chi connectivity index (χ2n) is 9.94. The normalized spacial score (nSPS) is 17.1. The van der Waals surface area contributed by atoms with Crippen LogP contribution in [-0.2, 0) is 26.0 Å². The highest BCUT2D eigenvalue weighted by molar-refractivity contribution is 7.90. The molecule has 0 spiro atoms. The van der Waals surface area contributed by atoms with E-state index >= 15 is 0 Å². The van der Waals surface area contributed by atoms with Crippen LogP contribution >= 0.6 is 0 Å². The molecule has 0 saturated heterocycles. The lowest BCUT2D eigenvalue weighted by molar-refractivity contribution is -0.138. The molecule has 3 aromatic rings. The van der Waals surface area contributed by atoms with Crippen LogP contribution in [0.5, 0.6) is 0 Å². The Kier molecular flexibility index (Phi) is 8.04. The molecule has 1 atom stereocenters. The molecular formula is C31H33N3O5S. The maximum Gasteiger partial charge on any atom is 0.337 e. The van der Waals surface area contributed by atoms with E-state index in [9.17, 15) is 18.0 Å². The predicted octanol–water partition coefficient (Wildman–Crippen LogP) is 4.45. The minimum Gasteiger partial charge on any atom is -0.463 e. The van der Waals surface area contributed by atoms with E-state index in [1.807, 2.05) is 43.1 Å². The number of carbonyl (C=O) groups excluding carboxylic acids is 2. The third kappa shape index (κ3) is 5.80. The number of hydrogen-bond acceptors (Lipinski definition) is 7. The van der Waals surface area contributed by atoms with E-state index in [-0.39, 0.29) is 22.5 Å². The molecule has 9 heteroatoms. The van der Waals surface area contributed by atoms with E-state index < -0.39 is 15.9 Å². The van der Waals surface area contributed by atoms with Crippen LogP contribution in [0.2, 0.25) is 0 Å². The fourth-order valence-corrected chi connectivity index (χ4v) is 6.30. The van der Waals surface area contributed by atoms with Gasteiger partial charge in [0.1, 0.15) is 0 Å². The van der Waals surface area contributed by atoms with Crippen LogP contribution in [-0.4, -0.2) is 44.5 Å². The number of nitrogens with one attached hydrogen (secondary N) is 2. The molecule has 1 unspecified atom stereocenters. The molecule has 5 rings (SSSR count). The van der Waals surface area contributed by atoms with Crippen molar-refractivity contribution >= 4 is 21.9 Å². The largest absolute Gasteiger partial charge is 0.463 e. The van der Waals surface area contributed by atoms with Gasteiger partial charge >= 0.3 is 5.97 Å². The zero-order chi connectivity index (χ0) is 28.3. The molecule has 2 aliphatic rings. The number of likely N-dealkylation sites (N-methyl/N-ethyl adjacent to an activating group) is 1. The number of amides is 1. The SMILES string of the molecule is CCOC(=O)C1=C(Cc2ccc(-c3ccccc3S(=O)(=O)NC(=O)c3ccccc3)cc2)N(CC)NC1C1CC1. The van der Waals surface area contributed by atoms with Gasteiger partial charge in [-0.15, -0.1) is 0 Å². The maximum absolute atomic E-state index is 13.2. The zero-order valence-corrected chi connectivity index (χ0v) is 23.4. The van der Waals surface area contributed by atoms with Crippen molar-refractivity contribution in [3.05, 3.63) is 101 Å². The summed E-state index contributed by atoms with van der Waals surface area (Å²) in [6.45, 7) is 4.89. The maximum atomic E-state index is 13.2. The molecule has 2 N–H and O–H groups in total. The Bertz CT molecular complexity index is 1530. The van der Waals surface area contributed by atoms with Gasteiger partial charge in [0.05, 0.1) is 23.1 Å². The van der Waals surface area contributed by atoms with E-state index in [0.29, 0.717) is 42.2 Å². The Morgan fingerprint density at radius 3 is 2.27 bits per heavy atom. The minimum atomic E-state index is -4.13. The molecule has 3 aromatic carbocycles.